The molecule has 2 N–H and O–H groups in total. The summed E-state index contributed by atoms with van der Waals surface area (Å²) in [5, 5.41) is 0. The molecule has 0 unspecified atom stereocenters. The number of primary amides is 1. The normalized spacial score (nSPS) is 11.2. The van der Waals surface area contributed by atoms with E-state index in [1.54, 1.807) is 0 Å². The molecule has 0 aliphatic carbocycles. The van der Waals surface area contributed by atoms with Gasteiger partial charge in [-0.1, -0.05) is 22.6 Å². The van der Waals surface area contributed by atoms with Gasteiger partial charge < -0.3 is 10.5 Å². The summed E-state index contributed by atoms with van der Waals surface area (Å²) in [4.78, 5) is 10.4. The molecular formula is C8H16INO2. The largest absolute Gasteiger partial charge is 0.444 e. The SMILES string of the molecule is CC(C)(CCCCI)OC(N)=O. The standard InChI is InChI=1S/C8H16INO2/c1-8(2,12-7(10)11)5-3-4-6-9/h3-6H2,1-2H3,(H2,10,11). The second-order valence-electron chi connectivity index (χ2n) is 3.33. The number of amides is 1. The molecule has 0 radical (unpaired) electrons. The summed E-state index contributed by atoms with van der Waals surface area (Å²) in [7, 11) is 0. The molecule has 0 rings (SSSR count). The van der Waals surface area contributed by atoms with Crippen LogP contribution in [0.5, 0.6) is 0 Å². The molecule has 0 bridgehead atoms. The van der Waals surface area contributed by atoms with Gasteiger partial charge in [0.15, 0.2) is 0 Å². The van der Waals surface area contributed by atoms with Gasteiger partial charge in [0.25, 0.3) is 0 Å². The number of carbonyl (C=O) groups is 1. The lowest BCUT2D eigenvalue weighted by atomic mass is 10.0. The summed E-state index contributed by atoms with van der Waals surface area (Å²) < 4.78 is 6.06. The van der Waals surface area contributed by atoms with Crippen LogP contribution in [0.1, 0.15) is 33.1 Å². The van der Waals surface area contributed by atoms with E-state index in [-0.39, 0.29) is 0 Å². The van der Waals surface area contributed by atoms with E-state index in [9.17, 15) is 4.79 Å². The Morgan fingerprint density at radius 3 is 2.50 bits per heavy atom. The Morgan fingerprint density at radius 1 is 1.50 bits per heavy atom. The number of alkyl halides is 1. The van der Waals surface area contributed by atoms with Crippen molar-refractivity contribution in [3.8, 4) is 0 Å². The lowest BCUT2D eigenvalue weighted by molar-refractivity contribution is 0.0377. The van der Waals surface area contributed by atoms with Crippen molar-refractivity contribution in [2.24, 2.45) is 5.73 Å². The number of ether oxygens (including phenoxy) is 1. The molecule has 3 nitrogen and oxygen atoms in total. The third-order valence-electron chi connectivity index (χ3n) is 1.54. The number of hydrogen-bond donors (Lipinski definition) is 1. The first kappa shape index (κ1) is 12.0. The van der Waals surface area contributed by atoms with E-state index >= 15 is 0 Å². The van der Waals surface area contributed by atoms with Gasteiger partial charge in [-0.05, 0) is 37.5 Å². The van der Waals surface area contributed by atoms with Crippen molar-refractivity contribution in [1.82, 2.24) is 0 Å². The van der Waals surface area contributed by atoms with Crippen LogP contribution in [-0.2, 0) is 4.74 Å². The molecule has 0 fully saturated rings. The zero-order chi connectivity index (χ0) is 9.61. The summed E-state index contributed by atoms with van der Waals surface area (Å²) in [5.41, 5.74) is 4.52. The van der Waals surface area contributed by atoms with Crippen LogP contribution in [0, 0.1) is 0 Å². The number of nitrogens with two attached hydrogens (primary N) is 1. The predicted molar refractivity (Wildman–Crippen MR) is 57.5 cm³/mol. The van der Waals surface area contributed by atoms with Crippen LogP contribution in [0.15, 0.2) is 0 Å². The summed E-state index contributed by atoms with van der Waals surface area (Å²) in [6.07, 6.45) is 2.42. The molecular weight excluding hydrogens is 269 g/mol. The van der Waals surface area contributed by atoms with Gasteiger partial charge in [0.2, 0.25) is 0 Å². The van der Waals surface area contributed by atoms with Gasteiger partial charge >= 0.3 is 6.09 Å². The minimum absolute atomic E-state index is 0.405. The van der Waals surface area contributed by atoms with Crippen molar-refractivity contribution in [1.29, 1.82) is 0 Å². The van der Waals surface area contributed by atoms with Crippen LogP contribution in [0.25, 0.3) is 0 Å². The lowest BCUT2D eigenvalue weighted by Crippen LogP contribution is -2.30. The molecule has 1 amide bonds. The van der Waals surface area contributed by atoms with Gasteiger partial charge in [-0.2, -0.15) is 0 Å². The third-order valence-corrected chi connectivity index (χ3v) is 2.30. The fraction of sp³-hybridized carbons (Fsp3) is 0.875. The highest BCUT2D eigenvalue weighted by atomic mass is 127. The van der Waals surface area contributed by atoms with E-state index in [0.29, 0.717) is 0 Å². The lowest BCUT2D eigenvalue weighted by Gasteiger charge is -2.23. The molecule has 0 saturated carbocycles. The zero-order valence-corrected chi connectivity index (χ0v) is 9.76. The van der Waals surface area contributed by atoms with Gasteiger partial charge in [-0.15, -0.1) is 0 Å². The van der Waals surface area contributed by atoms with Gasteiger partial charge in [0.1, 0.15) is 5.60 Å². The number of carbonyl (C=O) groups excluding carboxylic acids is 1. The van der Waals surface area contributed by atoms with Crippen molar-refractivity contribution in [2.75, 3.05) is 4.43 Å². The van der Waals surface area contributed by atoms with Crippen LogP contribution in [0.2, 0.25) is 0 Å². The first-order valence-corrected chi connectivity index (χ1v) is 5.55. The average molecular weight is 285 g/mol. The molecule has 0 aliphatic heterocycles. The number of hydrogen-bond acceptors (Lipinski definition) is 2. The molecule has 0 aromatic heterocycles. The quantitative estimate of drug-likeness (QED) is 0.479. The van der Waals surface area contributed by atoms with Gasteiger partial charge in [-0.3, -0.25) is 0 Å². The second kappa shape index (κ2) is 5.61. The van der Waals surface area contributed by atoms with E-state index in [1.165, 1.54) is 0 Å². The van der Waals surface area contributed by atoms with Crippen molar-refractivity contribution in [2.45, 2.75) is 38.7 Å². The maximum Gasteiger partial charge on any atom is 0.405 e. The maximum absolute atomic E-state index is 10.4. The summed E-state index contributed by atoms with van der Waals surface area (Å²) in [6.45, 7) is 3.76. The van der Waals surface area contributed by atoms with Gasteiger partial charge in [0.05, 0.1) is 0 Å². The number of rotatable bonds is 5. The molecule has 0 aromatic carbocycles. The highest BCUT2D eigenvalue weighted by Gasteiger charge is 2.20. The fourth-order valence-electron chi connectivity index (χ4n) is 0.969. The second-order valence-corrected chi connectivity index (χ2v) is 4.41. The zero-order valence-electron chi connectivity index (χ0n) is 7.60. The van der Waals surface area contributed by atoms with E-state index < -0.39 is 11.7 Å². The van der Waals surface area contributed by atoms with E-state index in [4.69, 9.17) is 10.5 Å². The monoisotopic (exact) mass is 285 g/mol. The highest BCUT2D eigenvalue weighted by Crippen LogP contribution is 2.17. The Bertz CT molecular complexity index is 148. The van der Waals surface area contributed by atoms with Gasteiger partial charge in [-0.25, -0.2) is 4.79 Å². The fourth-order valence-corrected chi connectivity index (χ4v) is 1.51. The molecule has 0 spiro atoms. The van der Waals surface area contributed by atoms with Crippen molar-refractivity contribution in [3.05, 3.63) is 0 Å². The predicted octanol–water partition coefficient (Wildman–Crippen LogP) is 2.47. The third kappa shape index (κ3) is 6.69. The molecule has 0 aliphatic rings. The van der Waals surface area contributed by atoms with Crippen molar-refractivity contribution >= 4 is 28.7 Å². The van der Waals surface area contributed by atoms with Crippen molar-refractivity contribution in [3.63, 3.8) is 0 Å². The molecule has 12 heavy (non-hydrogen) atoms. The Kier molecular flexibility index (Phi) is 5.61. The molecule has 0 atom stereocenters. The van der Waals surface area contributed by atoms with Crippen LogP contribution >= 0.6 is 22.6 Å². The van der Waals surface area contributed by atoms with E-state index in [2.05, 4.69) is 22.6 Å². The van der Waals surface area contributed by atoms with Crippen LogP contribution in [-0.4, -0.2) is 16.1 Å². The molecule has 0 heterocycles. The average Bonchev–Trinajstić information content (AvgIpc) is 1.84. The number of unbranched alkanes of at least 4 members (excludes halogenated alkanes) is 1. The molecule has 4 heteroatoms. The summed E-state index contributed by atoms with van der Waals surface area (Å²) >= 11 is 2.33. The summed E-state index contributed by atoms with van der Waals surface area (Å²) in [5.74, 6) is 0. The van der Waals surface area contributed by atoms with Gasteiger partial charge in [0, 0.05) is 0 Å². The Labute approximate surface area is 87.2 Å². The van der Waals surface area contributed by atoms with E-state index in [0.717, 1.165) is 23.7 Å². The van der Waals surface area contributed by atoms with E-state index in [1.807, 2.05) is 13.8 Å². The molecule has 72 valence electrons. The summed E-state index contributed by atoms with van der Waals surface area (Å²) in [6, 6.07) is 0. The smallest absolute Gasteiger partial charge is 0.405 e. The minimum atomic E-state index is -0.686. The molecule has 0 aromatic rings. The first-order valence-electron chi connectivity index (χ1n) is 4.02. The Hall–Kier alpha value is 0. The number of halogens is 1. The Balaban J connectivity index is 3.63. The van der Waals surface area contributed by atoms with Crippen LogP contribution in [0.4, 0.5) is 4.79 Å². The minimum Gasteiger partial charge on any atom is -0.444 e. The topological polar surface area (TPSA) is 52.3 Å². The maximum atomic E-state index is 10.4. The Morgan fingerprint density at radius 2 is 2.08 bits per heavy atom. The molecule has 0 saturated heterocycles. The van der Waals surface area contributed by atoms with Crippen LogP contribution in [0.3, 0.4) is 0 Å². The van der Waals surface area contributed by atoms with Crippen LogP contribution < -0.4 is 5.73 Å². The highest BCUT2D eigenvalue weighted by molar-refractivity contribution is 14.1. The van der Waals surface area contributed by atoms with Crippen molar-refractivity contribution < 1.29 is 9.53 Å². The first-order chi connectivity index (χ1) is 5.48.